The van der Waals surface area contributed by atoms with E-state index in [0.717, 1.165) is 12.5 Å². The highest BCUT2D eigenvalue weighted by Gasteiger charge is 2.17. The minimum atomic E-state index is 0.614. The van der Waals surface area contributed by atoms with Gasteiger partial charge >= 0.3 is 0 Å². The Morgan fingerprint density at radius 2 is 1.56 bits per heavy atom. The molecule has 0 aliphatic heterocycles. The van der Waals surface area contributed by atoms with Crippen LogP contribution >= 0.6 is 0 Å². The van der Waals surface area contributed by atoms with Crippen molar-refractivity contribution >= 4 is 0 Å². The number of hydrogen-bond acceptors (Lipinski definition) is 2. The van der Waals surface area contributed by atoms with Gasteiger partial charge in [0.25, 0.3) is 0 Å². The zero-order valence-electron chi connectivity index (χ0n) is 12.4. The molecule has 2 unspecified atom stereocenters. The minimum Gasteiger partial charge on any atom is -0.315 e. The van der Waals surface area contributed by atoms with Crippen molar-refractivity contribution in [3.63, 3.8) is 0 Å². The molecule has 0 aromatic heterocycles. The molecule has 98 valence electrons. The van der Waals surface area contributed by atoms with Gasteiger partial charge in [0, 0.05) is 18.1 Å². The number of hydrogen-bond donors (Lipinski definition) is 1. The molecule has 0 bridgehead atoms. The molecule has 0 saturated carbocycles. The van der Waals surface area contributed by atoms with Crippen LogP contribution in [0.4, 0.5) is 0 Å². The number of nitrogens with zero attached hydrogens (tertiary/aromatic N) is 1. The fourth-order valence-corrected chi connectivity index (χ4v) is 1.86. The van der Waals surface area contributed by atoms with Crippen molar-refractivity contribution in [3.05, 3.63) is 0 Å². The highest BCUT2D eigenvalue weighted by atomic mass is 15.2. The SMILES string of the molecule is CC(C)NCCCC(C)N(C)C(C)C(C)C. The van der Waals surface area contributed by atoms with Crippen LogP contribution in [0.15, 0.2) is 0 Å². The summed E-state index contributed by atoms with van der Waals surface area (Å²) in [5.74, 6) is 0.737. The molecule has 0 radical (unpaired) electrons. The summed E-state index contributed by atoms with van der Waals surface area (Å²) in [6.45, 7) is 14.8. The van der Waals surface area contributed by atoms with Crippen LogP contribution < -0.4 is 5.32 Å². The summed E-state index contributed by atoms with van der Waals surface area (Å²) in [6, 6.07) is 1.97. The van der Waals surface area contributed by atoms with Crippen LogP contribution in [0.2, 0.25) is 0 Å². The van der Waals surface area contributed by atoms with Crippen LogP contribution in [-0.2, 0) is 0 Å². The highest BCUT2D eigenvalue weighted by molar-refractivity contribution is 4.73. The third-order valence-electron chi connectivity index (χ3n) is 3.65. The molecule has 0 fully saturated rings. The van der Waals surface area contributed by atoms with Crippen molar-refractivity contribution in [1.29, 1.82) is 0 Å². The summed E-state index contributed by atoms with van der Waals surface area (Å²) in [4.78, 5) is 2.51. The third-order valence-corrected chi connectivity index (χ3v) is 3.65. The lowest BCUT2D eigenvalue weighted by Gasteiger charge is -2.33. The molecule has 2 nitrogen and oxygen atoms in total. The topological polar surface area (TPSA) is 15.3 Å². The predicted octanol–water partition coefficient (Wildman–Crippen LogP) is 3.13. The maximum absolute atomic E-state index is 3.47. The van der Waals surface area contributed by atoms with Crippen LogP contribution in [0, 0.1) is 5.92 Å². The second-order valence-electron chi connectivity index (χ2n) is 5.75. The van der Waals surface area contributed by atoms with Crippen LogP contribution in [0.3, 0.4) is 0 Å². The van der Waals surface area contributed by atoms with Gasteiger partial charge < -0.3 is 10.2 Å². The molecule has 0 saturated heterocycles. The zero-order chi connectivity index (χ0) is 12.7. The first-order valence-corrected chi connectivity index (χ1v) is 6.81. The second kappa shape index (κ2) is 8.08. The quantitative estimate of drug-likeness (QED) is 0.642. The largest absolute Gasteiger partial charge is 0.315 e. The van der Waals surface area contributed by atoms with Crippen molar-refractivity contribution in [2.24, 2.45) is 5.92 Å². The Bertz CT molecular complexity index is 166. The lowest BCUT2D eigenvalue weighted by Crippen LogP contribution is -2.40. The van der Waals surface area contributed by atoms with E-state index in [-0.39, 0.29) is 0 Å². The van der Waals surface area contributed by atoms with E-state index in [1.165, 1.54) is 12.8 Å². The van der Waals surface area contributed by atoms with Crippen molar-refractivity contribution in [3.8, 4) is 0 Å². The predicted molar refractivity (Wildman–Crippen MR) is 73.9 cm³/mol. The molecular weight excluding hydrogens is 196 g/mol. The van der Waals surface area contributed by atoms with E-state index >= 15 is 0 Å². The summed E-state index contributed by atoms with van der Waals surface area (Å²) >= 11 is 0. The molecule has 0 rings (SSSR count). The van der Waals surface area contributed by atoms with Gasteiger partial charge in [0.2, 0.25) is 0 Å². The monoisotopic (exact) mass is 228 g/mol. The van der Waals surface area contributed by atoms with Gasteiger partial charge in [-0.2, -0.15) is 0 Å². The summed E-state index contributed by atoms with van der Waals surface area (Å²) in [7, 11) is 2.26. The molecule has 0 spiro atoms. The molecule has 0 aromatic rings. The standard InChI is InChI=1S/C14H32N2/c1-11(2)14(6)16(7)13(5)9-8-10-15-12(3)4/h11-15H,8-10H2,1-7H3. The Morgan fingerprint density at radius 1 is 1.00 bits per heavy atom. The normalized spacial score (nSPS) is 16.1. The Kier molecular flexibility index (Phi) is 8.04. The fourth-order valence-electron chi connectivity index (χ4n) is 1.86. The van der Waals surface area contributed by atoms with E-state index in [0.29, 0.717) is 18.1 Å². The number of nitrogens with one attached hydrogen (secondary N) is 1. The van der Waals surface area contributed by atoms with Gasteiger partial charge in [-0.05, 0) is 46.2 Å². The summed E-state index contributed by atoms with van der Waals surface area (Å²) in [5, 5.41) is 3.47. The molecule has 0 heterocycles. The first-order valence-electron chi connectivity index (χ1n) is 6.81. The maximum Gasteiger partial charge on any atom is 0.00896 e. The number of rotatable bonds is 8. The molecule has 0 aromatic carbocycles. The van der Waals surface area contributed by atoms with E-state index < -0.39 is 0 Å². The minimum absolute atomic E-state index is 0.614. The lowest BCUT2D eigenvalue weighted by atomic mass is 10.0. The van der Waals surface area contributed by atoms with Crippen molar-refractivity contribution in [2.45, 2.75) is 72.5 Å². The van der Waals surface area contributed by atoms with Crippen LogP contribution in [0.1, 0.15) is 54.4 Å². The average Bonchev–Trinajstić information content (AvgIpc) is 2.21. The molecule has 2 atom stereocenters. The van der Waals surface area contributed by atoms with Gasteiger partial charge in [-0.1, -0.05) is 27.7 Å². The Labute approximate surface area is 103 Å². The molecule has 0 aliphatic rings. The lowest BCUT2D eigenvalue weighted by molar-refractivity contribution is 0.149. The van der Waals surface area contributed by atoms with Gasteiger partial charge in [0.1, 0.15) is 0 Å². The van der Waals surface area contributed by atoms with Gasteiger partial charge in [-0.25, -0.2) is 0 Å². The molecule has 1 N–H and O–H groups in total. The van der Waals surface area contributed by atoms with Gasteiger partial charge in [-0.15, -0.1) is 0 Å². The van der Waals surface area contributed by atoms with Crippen molar-refractivity contribution < 1.29 is 0 Å². The van der Waals surface area contributed by atoms with Crippen LogP contribution in [0.25, 0.3) is 0 Å². The van der Waals surface area contributed by atoms with Crippen molar-refractivity contribution in [1.82, 2.24) is 10.2 Å². The zero-order valence-corrected chi connectivity index (χ0v) is 12.4. The van der Waals surface area contributed by atoms with E-state index in [4.69, 9.17) is 0 Å². The third kappa shape index (κ3) is 6.49. The first-order chi connectivity index (χ1) is 7.36. The van der Waals surface area contributed by atoms with E-state index in [1.54, 1.807) is 0 Å². The smallest absolute Gasteiger partial charge is 0.00896 e. The molecular formula is C14H32N2. The summed E-state index contributed by atoms with van der Waals surface area (Å²) in [5.41, 5.74) is 0. The molecule has 0 amide bonds. The highest BCUT2D eigenvalue weighted by Crippen LogP contribution is 2.14. The van der Waals surface area contributed by atoms with E-state index in [1.807, 2.05) is 0 Å². The van der Waals surface area contributed by atoms with E-state index in [2.05, 4.69) is 58.8 Å². The van der Waals surface area contributed by atoms with E-state index in [9.17, 15) is 0 Å². The molecule has 2 heteroatoms. The second-order valence-corrected chi connectivity index (χ2v) is 5.75. The summed E-state index contributed by atoms with van der Waals surface area (Å²) in [6.07, 6.45) is 2.56. The van der Waals surface area contributed by atoms with Gasteiger partial charge in [0.15, 0.2) is 0 Å². The van der Waals surface area contributed by atoms with Crippen LogP contribution in [0.5, 0.6) is 0 Å². The Hall–Kier alpha value is -0.0800. The Morgan fingerprint density at radius 3 is 2.00 bits per heavy atom. The van der Waals surface area contributed by atoms with Crippen LogP contribution in [-0.4, -0.2) is 36.6 Å². The average molecular weight is 228 g/mol. The van der Waals surface area contributed by atoms with Gasteiger partial charge in [-0.3, -0.25) is 0 Å². The van der Waals surface area contributed by atoms with Crippen molar-refractivity contribution in [2.75, 3.05) is 13.6 Å². The van der Waals surface area contributed by atoms with Gasteiger partial charge in [0.05, 0.1) is 0 Å². The fraction of sp³-hybridized carbons (Fsp3) is 1.00. The summed E-state index contributed by atoms with van der Waals surface area (Å²) < 4.78 is 0. The Balaban J connectivity index is 3.75. The first kappa shape index (κ1) is 15.9. The molecule has 16 heavy (non-hydrogen) atoms. The molecule has 0 aliphatic carbocycles. The maximum atomic E-state index is 3.47.